The number of hydrogen-bond acceptors (Lipinski definition) is 3. The molecular weight excluding hydrogens is 256 g/mol. The van der Waals surface area contributed by atoms with Gasteiger partial charge in [-0.05, 0) is 35.4 Å². The summed E-state index contributed by atoms with van der Waals surface area (Å²) in [7, 11) is 0. The zero-order valence-corrected chi connectivity index (χ0v) is 11.1. The molecule has 1 heterocycles. The van der Waals surface area contributed by atoms with Crippen LogP contribution in [0.4, 0.5) is 5.69 Å². The maximum absolute atomic E-state index is 11.2. The molecule has 4 rings (SSSR count). The van der Waals surface area contributed by atoms with Crippen molar-refractivity contribution in [1.82, 2.24) is 5.32 Å². The van der Waals surface area contributed by atoms with Gasteiger partial charge in [-0.3, -0.25) is 4.79 Å². The molecule has 94 valence electrons. The van der Waals surface area contributed by atoms with Gasteiger partial charge in [-0.25, -0.2) is 4.99 Å². The lowest BCUT2D eigenvalue weighted by Crippen LogP contribution is -2.19. The number of aryl methyl sites for hydroxylation is 2. The van der Waals surface area contributed by atoms with E-state index in [0.717, 1.165) is 18.5 Å². The van der Waals surface area contributed by atoms with E-state index in [1.54, 1.807) is 0 Å². The van der Waals surface area contributed by atoms with Crippen molar-refractivity contribution in [3.63, 3.8) is 0 Å². The van der Waals surface area contributed by atoms with Crippen LogP contribution >= 0.6 is 11.8 Å². The van der Waals surface area contributed by atoms with Gasteiger partial charge < -0.3 is 5.32 Å². The van der Waals surface area contributed by atoms with Crippen LogP contribution in [0.15, 0.2) is 35.3 Å². The summed E-state index contributed by atoms with van der Waals surface area (Å²) in [5, 5.41) is 6.05. The number of hydrogen-bond donors (Lipinski definition) is 1. The Morgan fingerprint density at radius 3 is 2.74 bits per heavy atom. The Kier molecular flexibility index (Phi) is 2.38. The Morgan fingerprint density at radius 2 is 1.95 bits per heavy atom. The fraction of sp³-hybridized carbons (Fsp3) is 0.200. The average molecular weight is 268 g/mol. The largest absolute Gasteiger partial charge is 0.304 e. The van der Waals surface area contributed by atoms with E-state index in [1.807, 2.05) is 0 Å². The molecule has 4 heteroatoms. The molecule has 2 aromatic rings. The van der Waals surface area contributed by atoms with E-state index in [-0.39, 0.29) is 5.91 Å². The first-order valence-electron chi connectivity index (χ1n) is 6.36. The third-order valence-corrected chi connectivity index (χ3v) is 4.54. The minimum Gasteiger partial charge on any atom is -0.304 e. The second-order valence-corrected chi connectivity index (χ2v) is 5.80. The molecule has 0 radical (unpaired) electrons. The monoisotopic (exact) mass is 268 g/mol. The molecule has 1 saturated heterocycles. The van der Waals surface area contributed by atoms with Crippen molar-refractivity contribution in [3.05, 3.63) is 41.5 Å². The number of amides is 1. The van der Waals surface area contributed by atoms with Gasteiger partial charge in [0.15, 0.2) is 5.17 Å². The molecule has 0 bridgehead atoms. The maximum atomic E-state index is 11.2. The molecule has 0 aromatic heterocycles. The standard InChI is InChI=1S/C15H12N2OS/c18-13-8-19-15(17-13)16-12-7-6-10-5-4-9-2-1-3-11(12)14(9)10/h1-3,6-7H,4-5,8H2,(H,16,17,18). The summed E-state index contributed by atoms with van der Waals surface area (Å²) in [6.07, 6.45) is 2.25. The number of amidine groups is 1. The number of nitrogens with zero attached hydrogens (tertiary/aromatic N) is 1. The zero-order valence-electron chi connectivity index (χ0n) is 10.3. The van der Waals surface area contributed by atoms with E-state index in [2.05, 4.69) is 40.6 Å². The third-order valence-electron chi connectivity index (χ3n) is 3.66. The van der Waals surface area contributed by atoms with E-state index >= 15 is 0 Å². The van der Waals surface area contributed by atoms with Gasteiger partial charge in [0.1, 0.15) is 0 Å². The van der Waals surface area contributed by atoms with Crippen LogP contribution in [-0.2, 0) is 17.6 Å². The fourth-order valence-corrected chi connectivity index (χ4v) is 3.51. The zero-order chi connectivity index (χ0) is 12.8. The first kappa shape index (κ1) is 11.1. The van der Waals surface area contributed by atoms with Gasteiger partial charge in [-0.15, -0.1) is 0 Å². The molecule has 1 aliphatic heterocycles. The number of benzene rings is 2. The van der Waals surface area contributed by atoms with E-state index in [0.29, 0.717) is 10.9 Å². The summed E-state index contributed by atoms with van der Waals surface area (Å²) in [5.41, 5.74) is 3.78. The molecule has 0 unspecified atom stereocenters. The van der Waals surface area contributed by atoms with Gasteiger partial charge in [0.05, 0.1) is 11.4 Å². The second kappa shape index (κ2) is 4.10. The first-order chi connectivity index (χ1) is 9.31. The molecule has 0 spiro atoms. The van der Waals surface area contributed by atoms with E-state index < -0.39 is 0 Å². The molecule has 1 aliphatic carbocycles. The predicted molar refractivity (Wildman–Crippen MR) is 79.1 cm³/mol. The van der Waals surface area contributed by atoms with Crippen LogP contribution in [0.1, 0.15) is 11.1 Å². The van der Waals surface area contributed by atoms with Gasteiger partial charge in [-0.1, -0.05) is 36.0 Å². The van der Waals surface area contributed by atoms with E-state index in [4.69, 9.17) is 0 Å². The smallest absolute Gasteiger partial charge is 0.236 e. The average Bonchev–Trinajstić information content (AvgIpc) is 3.01. The molecule has 2 aliphatic rings. The molecule has 1 amide bonds. The predicted octanol–water partition coefficient (Wildman–Crippen LogP) is 2.79. The highest BCUT2D eigenvalue weighted by Gasteiger charge is 2.19. The van der Waals surface area contributed by atoms with Crippen LogP contribution in [0.3, 0.4) is 0 Å². The Hall–Kier alpha value is -1.81. The summed E-state index contributed by atoms with van der Waals surface area (Å²) in [5.74, 6) is 0.509. The normalized spacial score (nSPS) is 19.4. The van der Waals surface area contributed by atoms with Crippen LogP contribution in [0.25, 0.3) is 10.8 Å². The SMILES string of the molecule is O=C1CSC(=Nc2ccc3c4c(cccc24)CC3)N1. The van der Waals surface area contributed by atoms with Gasteiger partial charge in [0, 0.05) is 5.39 Å². The number of nitrogens with one attached hydrogen (secondary N) is 1. The maximum Gasteiger partial charge on any atom is 0.236 e. The lowest BCUT2D eigenvalue weighted by molar-refractivity contribution is -0.116. The van der Waals surface area contributed by atoms with Crippen molar-refractivity contribution in [2.45, 2.75) is 12.8 Å². The Labute approximate surface area is 115 Å². The lowest BCUT2D eigenvalue weighted by atomic mass is 10.0. The molecule has 3 nitrogen and oxygen atoms in total. The highest BCUT2D eigenvalue weighted by molar-refractivity contribution is 8.15. The number of rotatable bonds is 1. The molecule has 1 N–H and O–H groups in total. The molecule has 0 atom stereocenters. The lowest BCUT2D eigenvalue weighted by Gasteiger charge is -2.05. The van der Waals surface area contributed by atoms with Crippen LogP contribution in [-0.4, -0.2) is 16.8 Å². The highest BCUT2D eigenvalue weighted by Crippen LogP contribution is 2.36. The number of aliphatic imine (C=N–C) groups is 1. The quantitative estimate of drug-likeness (QED) is 0.864. The van der Waals surface area contributed by atoms with E-state index in [1.165, 1.54) is 33.7 Å². The first-order valence-corrected chi connectivity index (χ1v) is 7.35. The van der Waals surface area contributed by atoms with Crippen LogP contribution in [0, 0.1) is 0 Å². The van der Waals surface area contributed by atoms with Crippen LogP contribution < -0.4 is 5.32 Å². The van der Waals surface area contributed by atoms with Gasteiger partial charge >= 0.3 is 0 Å². The van der Waals surface area contributed by atoms with Gasteiger partial charge in [-0.2, -0.15) is 0 Å². The Morgan fingerprint density at radius 1 is 1.11 bits per heavy atom. The van der Waals surface area contributed by atoms with Crippen molar-refractivity contribution < 1.29 is 4.79 Å². The second-order valence-electron chi connectivity index (χ2n) is 4.84. The van der Waals surface area contributed by atoms with Crippen molar-refractivity contribution in [3.8, 4) is 0 Å². The summed E-state index contributed by atoms with van der Waals surface area (Å²) in [6, 6.07) is 10.6. The van der Waals surface area contributed by atoms with Gasteiger partial charge in [0.25, 0.3) is 0 Å². The van der Waals surface area contributed by atoms with Gasteiger partial charge in [0.2, 0.25) is 5.91 Å². The van der Waals surface area contributed by atoms with Crippen molar-refractivity contribution in [1.29, 1.82) is 0 Å². The van der Waals surface area contributed by atoms with Crippen molar-refractivity contribution in [2.24, 2.45) is 4.99 Å². The van der Waals surface area contributed by atoms with Crippen molar-refractivity contribution >= 4 is 39.3 Å². The molecular formula is C15H12N2OS. The van der Waals surface area contributed by atoms with E-state index in [9.17, 15) is 4.79 Å². The fourth-order valence-electron chi connectivity index (χ4n) is 2.82. The highest BCUT2D eigenvalue weighted by atomic mass is 32.2. The molecule has 2 aromatic carbocycles. The third kappa shape index (κ3) is 1.75. The molecule has 19 heavy (non-hydrogen) atoms. The number of thioether (sulfide) groups is 1. The minimum atomic E-state index is 0.0367. The van der Waals surface area contributed by atoms with Crippen molar-refractivity contribution in [2.75, 3.05) is 5.75 Å². The number of carbonyl (C=O) groups is 1. The summed E-state index contributed by atoms with van der Waals surface area (Å²) >= 11 is 1.47. The Bertz CT molecular complexity index is 726. The number of carbonyl (C=O) groups excluding carboxylic acids is 1. The summed E-state index contributed by atoms with van der Waals surface area (Å²) < 4.78 is 0. The summed E-state index contributed by atoms with van der Waals surface area (Å²) in [6.45, 7) is 0. The van der Waals surface area contributed by atoms with Crippen LogP contribution in [0.5, 0.6) is 0 Å². The minimum absolute atomic E-state index is 0.0367. The summed E-state index contributed by atoms with van der Waals surface area (Å²) in [4.78, 5) is 15.8. The van der Waals surface area contributed by atoms with Crippen LogP contribution in [0.2, 0.25) is 0 Å². The Balaban J connectivity index is 1.90. The topological polar surface area (TPSA) is 41.5 Å². The molecule has 0 saturated carbocycles. The molecule has 1 fully saturated rings.